The lowest BCUT2D eigenvalue weighted by atomic mass is 9.87. The zero-order chi connectivity index (χ0) is 20.3. The zero-order valence-electron chi connectivity index (χ0n) is 16.8. The Hall–Kier alpha value is -3.02. The zero-order valence-corrected chi connectivity index (χ0v) is 16.8. The van der Waals surface area contributed by atoms with Gasteiger partial charge in [-0.05, 0) is 48.2 Å². The number of carbonyl (C=O) groups excluding carboxylic acids is 2. The normalized spacial score (nSPS) is 15.1. The molecular formula is C22H27N3O3. The molecule has 2 N–H and O–H groups in total. The van der Waals surface area contributed by atoms with Crippen LogP contribution in [0.25, 0.3) is 0 Å². The van der Waals surface area contributed by atoms with Crippen molar-refractivity contribution in [2.45, 2.75) is 39.2 Å². The summed E-state index contributed by atoms with van der Waals surface area (Å²) in [4.78, 5) is 26.0. The summed E-state index contributed by atoms with van der Waals surface area (Å²) in [6.45, 7) is 9.40. The van der Waals surface area contributed by atoms with E-state index in [1.807, 2.05) is 36.4 Å². The van der Waals surface area contributed by atoms with Crippen LogP contribution in [0.3, 0.4) is 0 Å². The van der Waals surface area contributed by atoms with Crippen molar-refractivity contribution >= 4 is 23.3 Å². The highest BCUT2D eigenvalue weighted by Crippen LogP contribution is 2.25. The Morgan fingerprint density at radius 1 is 1.18 bits per heavy atom. The fourth-order valence-electron chi connectivity index (χ4n) is 3.00. The van der Waals surface area contributed by atoms with Gasteiger partial charge in [-0.15, -0.1) is 0 Å². The monoisotopic (exact) mass is 381 g/mol. The van der Waals surface area contributed by atoms with E-state index in [1.54, 1.807) is 24.0 Å². The Bertz CT molecular complexity index is 856. The van der Waals surface area contributed by atoms with Crippen LogP contribution in [-0.4, -0.2) is 31.1 Å². The van der Waals surface area contributed by atoms with Crippen LogP contribution < -0.4 is 20.3 Å². The molecule has 0 radical (unpaired) electrons. The predicted octanol–water partition coefficient (Wildman–Crippen LogP) is 3.92. The summed E-state index contributed by atoms with van der Waals surface area (Å²) in [5.41, 5.74) is 2.65. The molecule has 1 unspecified atom stereocenters. The maximum absolute atomic E-state index is 12.5. The van der Waals surface area contributed by atoms with Crippen molar-refractivity contribution in [3.8, 4) is 5.75 Å². The van der Waals surface area contributed by atoms with Crippen molar-refractivity contribution < 1.29 is 14.3 Å². The topological polar surface area (TPSA) is 70.7 Å². The molecule has 148 valence electrons. The van der Waals surface area contributed by atoms with E-state index >= 15 is 0 Å². The van der Waals surface area contributed by atoms with Crippen LogP contribution >= 0.6 is 0 Å². The molecule has 1 saturated heterocycles. The number of rotatable bonds is 5. The summed E-state index contributed by atoms with van der Waals surface area (Å²) in [6, 6.07) is 14.9. The number of amides is 3. The van der Waals surface area contributed by atoms with Gasteiger partial charge in [-0.3, -0.25) is 9.69 Å². The number of nitrogens with zero attached hydrogens (tertiary/aromatic N) is 1. The second kappa shape index (κ2) is 7.92. The number of carbonyl (C=O) groups is 2. The summed E-state index contributed by atoms with van der Waals surface area (Å²) in [5, 5.41) is 5.62. The Kier molecular flexibility index (Phi) is 5.58. The SMILES string of the molecule is CC(Oc1ccc(C(C)(C)C)cc1)C(=O)Nc1cccc(N2CCNC2=O)c1. The molecule has 6 nitrogen and oxygen atoms in total. The fraction of sp³-hybridized carbons (Fsp3) is 0.364. The summed E-state index contributed by atoms with van der Waals surface area (Å²) < 4.78 is 5.78. The van der Waals surface area contributed by atoms with Crippen LogP contribution in [-0.2, 0) is 10.2 Å². The van der Waals surface area contributed by atoms with Crippen LogP contribution in [0.2, 0.25) is 0 Å². The van der Waals surface area contributed by atoms with Crippen LogP contribution in [0.5, 0.6) is 5.75 Å². The van der Waals surface area contributed by atoms with Crippen molar-refractivity contribution in [1.82, 2.24) is 5.32 Å². The molecule has 0 spiro atoms. The molecule has 2 aromatic carbocycles. The lowest BCUT2D eigenvalue weighted by Gasteiger charge is -2.20. The second-order valence-electron chi connectivity index (χ2n) is 7.96. The van der Waals surface area contributed by atoms with E-state index in [0.717, 1.165) is 5.69 Å². The third-order valence-corrected chi connectivity index (χ3v) is 4.68. The van der Waals surface area contributed by atoms with E-state index in [9.17, 15) is 9.59 Å². The molecule has 1 aliphatic heterocycles. The molecule has 6 heteroatoms. The number of hydrogen-bond acceptors (Lipinski definition) is 3. The molecule has 0 aromatic heterocycles. The van der Waals surface area contributed by atoms with E-state index in [2.05, 4.69) is 31.4 Å². The van der Waals surface area contributed by atoms with E-state index in [4.69, 9.17) is 4.74 Å². The quantitative estimate of drug-likeness (QED) is 0.825. The number of urea groups is 1. The minimum atomic E-state index is -0.653. The van der Waals surface area contributed by atoms with Gasteiger partial charge in [0.25, 0.3) is 5.91 Å². The maximum Gasteiger partial charge on any atom is 0.321 e. The standard InChI is InChI=1S/C22H27N3O3/c1-15(28-19-10-8-16(9-11-19)22(2,3)4)20(26)24-17-6-5-7-18(14-17)25-13-12-23-21(25)27/h5-11,14-15H,12-13H2,1-4H3,(H,23,27)(H,24,26). The number of anilines is 2. The van der Waals surface area contributed by atoms with Crippen LogP contribution in [0.4, 0.5) is 16.2 Å². The van der Waals surface area contributed by atoms with Crippen LogP contribution in [0, 0.1) is 0 Å². The third-order valence-electron chi connectivity index (χ3n) is 4.68. The summed E-state index contributed by atoms with van der Waals surface area (Å²) >= 11 is 0. The van der Waals surface area contributed by atoms with Crippen molar-refractivity contribution in [2.24, 2.45) is 0 Å². The number of nitrogens with one attached hydrogen (secondary N) is 2. The molecule has 0 saturated carbocycles. The molecular weight excluding hydrogens is 354 g/mol. The lowest BCUT2D eigenvalue weighted by molar-refractivity contribution is -0.122. The van der Waals surface area contributed by atoms with Gasteiger partial charge in [0, 0.05) is 24.5 Å². The molecule has 28 heavy (non-hydrogen) atoms. The van der Waals surface area contributed by atoms with Gasteiger partial charge in [0.15, 0.2) is 6.10 Å². The fourth-order valence-corrected chi connectivity index (χ4v) is 3.00. The summed E-state index contributed by atoms with van der Waals surface area (Å²) in [7, 11) is 0. The van der Waals surface area contributed by atoms with Crippen LogP contribution in [0.1, 0.15) is 33.3 Å². The highest BCUT2D eigenvalue weighted by atomic mass is 16.5. The van der Waals surface area contributed by atoms with Gasteiger partial charge < -0.3 is 15.4 Å². The van der Waals surface area contributed by atoms with Gasteiger partial charge >= 0.3 is 6.03 Å². The first-order valence-corrected chi connectivity index (χ1v) is 9.47. The molecule has 2 aromatic rings. The largest absolute Gasteiger partial charge is 0.481 e. The minimum absolute atomic E-state index is 0.0682. The number of benzene rings is 2. The number of ether oxygens (including phenoxy) is 1. The Labute approximate surface area is 165 Å². The van der Waals surface area contributed by atoms with E-state index in [1.165, 1.54) is 5.56 Å². The van der Waals surface area contributed by atoms with Gasteiger partial charge in [-0.1, -0.05) is 39.0 Å². The first kappa shape index (κ1) is 19.7. The molecule has 3 rings (SSSR count). The molecule has 1 fully saturated rings. The van der Waals surface area contributed by atoms with Gasteiger partial charge in [-0.25, -0.2) is 4.79 Å². The molecule has 1 aliphatic rings. The first-order valence-electron chi connectivity index (χ1n) is 9.47. The van der Waals surface area contributed by atoms with Crippen molar-refractivity contribution in [1.29, 1.82) is 0 Å². The molecule has 0 bridgehead atoms. The smallest absolute Gasteiger partial charge is 0.321 e. The Morgan fingerprint density at radius 2 is 1.89 bits per heavy atom. The third kappa shape index (κ3) is 4.63. The average molecular weight is 381 g/mol. The Balaban J connectivity index is 1.62. The van der Waals surface area contributed by atoms with E-state index in [-0.39, 0.29) is 17.4 Å². The molecule has 3 amide bonds. The first-order chi connectivity index (χ1) is 13.2. The van der Waals surface area contributed by atoms with Gasteiger partial charge in [-0.2, -0.15) is 0 Å². The highest BCUT2D eigenvalue weighted by Gasteiger charge is 2.22. The maximum atomic E-state index is 12.5. The van der Waals surface area contributed by atoms with E-state index < -0.39 is 6.10 Å². The van der Waals surface area contributed by atoms with Crippen molar-refractivity contribution in [3.63, 3.8) is 0 Å². The second-order valence-corrected chi connectivity index (χ2v) is 7.96. The molecule has 0 aliphatic carbocycles. The summed E-state index contributed by atoms with van der Waals surface area (Å²) in [6.07, 6.45) is -0.653. The molecule has 1 atom stereocenters. The molecule has 1 heterocycles. The van der Waals surface area contributed by atoms with Gasteiger partial charge in [0.1, 0.15) is 5.75 Å². The lowest BCUT2D eigenvalue weighted by Crippen LogP contribution is -2.30. The van der Waals surface area contributed by atoms with Crippen molar-refractivity contribution in [3.05, 3.63) is 54.1 Å². The average Bonchev–Trinajstić information content (AvgIpc) is 3.07. The van der Waals surface area contributed by atoms with Crippen LogP contribution in [0.15, 0.2) is 48.5 Å². The minimum Gasteiger partial charge on any atom is -0.481 e. The van der Waals surface area contributed by atoms with Crippen molar-refractivity contribution in [2.75, 3.05) is 23.3 Å². The van der Waals surface area contributed by atoms with Gasteiger partial charge in [0.2, 0.25) is 0 Å². The van der Waals surface area contributed by atoms with E-state index in [0.29, 0.717) is 24.5 Å². The van der Waals surface area contributed by atoms with Gasteiger partial charge in [0.05, 0.1) is 0 Å². The number of hydrogen-bond donors (Lipinski definition) is 2. The Morgan fingerprint density at radius 3 is 2.50 bits per heavy atom. The highest BCUT2D eigenvalue weighted by molar-refractivity contribution is 5.97. The summed E-state index contributed by atoms with van der Waals surface area (Å²) in [5.74, 6) is 0.404. The predicted molar refractivity (Wildman–Crippen MR) is 111 cm³/mol.